The molecule has 0 aliphatic heterocycles. The summed E-state index contributed by atoms with van der Waals surface area (Å²) in [5.41, 5.74) is 2.78. The normalized spacial score (nSPS) is 10.9. The molecule has 3 heterocycles. The predicted molar refractivity (Wildman–Crippen MR) is 78.5 cm³/mol. The van der Waals surface area contributed by atoms with Crippen LogP contribution in [-0.2, 0) is 6.54 Å². The number of ether oxygens (including phenoxy) is 1. The fourth-order valence-corrected chi connectivity index (χ4v) is 2.98. The van der Waals surface area contributed by atoms with Crippen molar-refractivity contribution in [2.45, 2.75) is 13.5 Å². The number of rotatable bonds is 3. The van der Waals surface area contributed by atoms with Crippen LogP contribution in [-0.4, -0.2) is 21.6 Å². The predicted octanol–water partition coefficient (Wildman–Crippen LogP) is 2.22. The first kappa shape index (κ1) is 12.8. The minimum atomic E-state index is -0.0103. The summed E-state index contributed by atoms with van der Waals surface area (Å²) in [6.45, 7) is 2.42. The molecule has 0 aromatic carbocycles. The maximum Gasteiger partial charge on any atom is 0.271 e. The molecule has 0 aliphatic carbocycles. The maximum absolute atomic E-state index is 12.4. The summed E-state index contributed by atoms with van der Waals surface area (Å²) >= 11 is 1.44. The first-order valence-electron chi connectivity index (χ1n) is 6.11. The molecule has 3 rings (SSSR count). The van der Waals surface area contributed by atoms with Gasteiger partial charge in [-0.15, -0.1) is 11.3 Å². The van der Waals surface area contributed by atoms with Gasteiger partial charge in [0.05, 0.1) is 25.5 Å². The molecule has 0 spiro atoms. The summed E-state index contributed by atoms with van der Waals surface area (Å²) in [5, 5.41) is 1.96. The van der Waals surface area contributed by atoms with Gasteiger partial charge in [-0.2, -0.15) is 0 Å². The molecule has 0 atom stereocenters. The number of aryl methyl sites for hydroxylation is 1. The van der Waals surface area contributed by atoms with Crippen molar-refractivity contribution in [3.63, 3.8) is 0 Å². The van der Waals surface area contributed by atoms with E-state index in [1.54, 1.807) is 24.2 Å². The minimum Gasteiger partial charge on any atom is -0.481 e. The van der Waals surface area contributed by atoms with Gasteiger partial charge in [0.25, 0.3) is 5.56 Å². The minimum absolute atomic E-state index is 0.0103. The number of hydrogen-bond donors (Lipinski definition) is 0. The Kier molecular flexibility index (Phi) is 3.23. The molecular formula is C14H13N3O2S. The SMILES string of the molecule is COc1cc(Cn2cnc3c(C)csc3c2=O)ccn1. The van der Waals surface area contributed by atoms with Crippen molar-refractivity contribution in [3.8, 4) is 5.88 Å². The van der Waals surface area contributed by atoms with Crippen LogP contribution in [0.25, 0.3) is 10.2 Å². The molecule has 0 N–H and O–H groups in total. The lowest BCUT2D eigenvalue weighted by molar-refractivity contribution is 0.397. The number of methoxy groups -OCH3 is 1. The molecular weight excluding hydrogens is 274 g/mol. The molecule has 0 bridgehead atoms. The lowest BCUT2D eigenvalue weighted by Crippen LogP contribution is -2.20. The zero-order valence-electron chi connectivity index (χ0n) is 11.2. The molecule has 3 aromatic heterocycles. The van der Waals surface area contributed by atoms with Crippen LogP contribution in [0.15, 0.2) is 34.8 Å². The maximum atomic E-state index is 12.4. The van der Waals surface area contributed by atoms with Crippen molar-refractivity contribution in [3.05, 3.63) is 51.5 Å². The second kappa shape index (κ2) is 5.05. The zero-order valence-corrected chi connectivity index (χ0v) is 12.0. The first-order valence-corrected chi connectivity index (χ1v) is 6.99. The van der Waals surface area contributed by atoms with Gasteiger partial charge in [0.2, 0.25) is 5.88 Å². The number of thiophene rings is 1. The van der Waals surface area contributed by atoms with Gasteiger partial charge < -0.3 is 4.74 Å². The summed E-state index contributed by atoms with van der Waals surface area (Å²) in [6.07, 6.45) is 3.26. The van der Waals surface area contributed by atoms with Gasteiger partial charge in [0, 0.05) is 12.3 Å². The third-order valence-electron chi connectivity index (χ3n) is 3.08. The van der Waals surface area contributed by atoms with E-state index < -0.39 is 0 Å². The van der Waals surface area contributed by atoms with Crippen LogP contribution in [0.5, 0.6) is 5.88 Å². The number of hydrogen-bond acceptors (Lipinski definition) is 5. The van der Waals surface area contributed by atoms with Crippen molar-refractivity contribution < 1.29 is 4.74 Å². The fourth-order valence-electron chi connectivity index (χ4n) is 2.03. The Balaban J connectivity index is 2.02. The van der Waals surface area contributed by atoms with Crippen molar-refractivity contribution in [1.82, 2.24) is 14.5 Å². The topological polar surface area (TPSA) is 57.0 Å². The smallest absolute Gasteiger partial charge is 0.271 e. The highest BCUT2D eigenvalue weighted by molar-refractivity contribution is 7.17. The molecule has 6 heteroatoms. The molecule has 0 aliphatic rings. The van der Waals surface area contributed by atoms with E-state index >= 15 is 0 Å². The average molecular weight is 287 g/mol. The van der Waals surface area contributed by atoms with Crippen molar-refractivity contribution in [2.24, 2.45) is 0 Å². The standard InChI is InChI=1S/C14H13N3O2S/c1-9-7-20-13-12(9)16-8-17(14(13)18)6-10-3-4-15-11(5-10)19-2/h3-5,7-8H,6H2,1-2H3. The Morgan fingerprint density at radius 1 is 1.40 bits per heavy atom. The van der Waals surface area contributed by atoms with E-state index in [0.29, 0.717) is 17.1 Å². The third kappa shape index (κ3) is 2.18. The van der Waals surface area contributed by atoms with Gasteiger partial charge in [-0.1, -0.05) is 0 Å². The summed E-state index contributed by atoms with van der Waals surface area (Å²) < 4.78 is 7.39. The molecule has 0 unspecified atom stereocenters. The third-order valence-corrected chi connectivity index (χ3v) is 4.16. The van der Waals surface area contributed by atoms with Crippen LogP contribution in [0, 0.1) is 6.92 Å². The molecule has 3 aromatic rings. The van der Waals surface area contributed by atoms with E-state index in [4.69, 9.17) is 4.74 Å². The molecule has 0 saturated carbocycles. The van der Waals surface area contributed by atoms with Gasteiger partial charge in [0.1, 0.15) is 4.70 Å². The van der Waals surface area contributed by atoms with Gasteiger partial charge in [0.15, 0.2) is 0 Å². The Hall–Kier alpha value is -2.21. The Morgan fingerprint density at radius 2 is 2.25 bits per heavy atom. The summed E-state index contributed by atoms with van der Waals surface area (Å²) in [5.74, 6) is 0.538. The lowest BCUT2D eigenvalue weighted by atomic mass is 10.2. The van der Waals surface area contributed by atoms with Gasteiger partial charge in [-0.3, -0.25) is 9.36 Å². The van der Waals surface area contributed by atoms with Crippen molar-refractivity contribution in [2.75, 3.05) is 7.11 Å². The fraction of sp³-hybridized carbons (Fsp3) is 0.214. The molecule has 102 valence electrons. The van der Waals surface area contributed by atoms with E-state index in [0.717, 1.165) is 16.6 Å². The Labute approximate surface area is 119 Å². The average Bonchev–Trinajstić information content (AvgIpc) is 2.84. The molecule has 0 amide bonds. The van der Waals surface area contributed by atoms with Crippen LogP contribution in [0.4, 0.5) is 0 Å². The largest absolute Gasteiger partial charge is 0.481 e. The number of aromatic nitrogens is 3. The number of fused-ring (bicyclic) bond motifs is 1. The van der Waals surface area contributed by atoms with E-state index in [9.17, 15) is 4.79 Å². The monoisotopic (exact) mass is 287 g/mol. The van der Waals surface area contributed by atoms with Crippen molar-refractivity contribution >= 4 is 21.6 Å². The summed E-state index contributed by atoms with van der Waals surface area (Å²) in [7, 11) is 1.57. The zero-order chi connectivity index (χ0) is 14.1. The van der Waals surface area contributed by atoms with Gasteiger partial charge in [-0.25, -0.2) is 9.97 Å². The van der Waals surface area contributed by atoms with Crippen LogP contribution < -0.4 is 10.3 Å². The Bertz CT molecular complexity index is 823. The van der Waals surface area contributed by atoms with Gasteiger partial charge >= 0.3 is 0 Å². The van der Waals surface area contributed by atoms with Crippen LogP contribution in [0.2, 0.25) is 0 Å². The lowest BCUT2D eigenvalue weighted by Gasteiger charge is -2.06. The van der Waals surface area contributed by atoms with Gasteiger partial charge in [-0.05, 0) is 29.5 Å². The quantitative estimate of drug-likeness (QED) is 0.741. The molecule has 20 heavy (non-hydrogen) atoms. The van der Waals surface area contributed by atoms with Crippen LogP contribution >= 0.6 is 11.3 Å². The van der Waals surface area contributed by atoms with E-state index in [1.165, 1.54) is 11.3 Å². The highest BCUT2D eigenvalue weighted by Crippen LogP contribution is 2.19. The van der Waals surface area contributed by atoms with Crippen molar-refractivity contribution in [1.29, 1.82) is 0 Å². The highest BCUT2D eigenvalue weighted by Gasteiger charge is 2.09. The second-order valence-corrected chi connectivity index (χ2v) is 5.36. The van der Waals surface area contributed by atoms with Crippen LogP contribution in [0.3, 0.4) is 0 Å². The van der Waals surface area contributed by atoms with E-state index in [2.05, 4.69) is 9.97 Å². The van der Waals surface area contributed by atoms with E-state index in [-0.39, 0.29) is 5.56 Å². The molecule has 0 saturated heterocycles. The first-order chi connectivity index (χ1) is 9.69. The molecule has 5 nitrogen and oxygen atoms in total. The number of nitrogens with zero attached hydrogens (tertiary/aromatic N) is 3. The van der Waals surface area contributed by atoms with Crippen LogP contribution in [0.1, 0.15) is 11.1 Å². The van der Waals surface area contributed by atoms with E-state index in [1.807, 2.05) is 24.4 Å². The summed E-state index contributed by atoms with van der Waals surface area (Å²) in [4.78, 5) is 20.8. The highest BCUT2D eigenvalue weighted by atomic mass is 32.1. The molecule has 0 radical (unpaired) electrons. The summed E-state index contributed by atoms with van der Waals surface area (Å²) in [6, 6.07) is 3.68. The Morgan fingerprint density at radius 3 is 3.05 bits per heavy atom. The number of pyridine rings is 1. The molecule has 0 fully saturated rings. The second-order valence-electron chi connectivity index (χ2n) is 4.48.